The van der Waals surface area contributed by atoms with Gasteiger partial charge in [-0.25, -0.2) is 10.9 Å². The molecule has 2 aromatic carbocycles. The molecule has 6 heteroatoms. The number of hydrogen-bond donors (Lipinski definition) is 3. The van der Waals surface area contributed by atoms with Crippen LogP contribution in [0, 0.1) is 13.8 Å². The van der Waals surface area contributed by atoms with Gasteiger partial charge in [-0.15, -0.1) is 0 Å². The number of carbonyl (C=O) groups excluding carboxylic acids is 1. The fraction of sp³-hybridized carbons (Fsp3) is 0.350. The van der Waals surface area contributed by atoms with Crippen molar-refractivity contribution >= 4 is 11.6 Å². The molecule has 1 amide bonds. The van der Waals surface area contributed by atoms with Crippen LogP contribution in [0.1, 0.15) is 29.2 Å². The molecule has 138 valence electrons. The van der Waals surface area contributed by atoms with E-state index in [9.17, 15) is 4.79 Å². The summed E-state index contributed by atoms with van der Waals surface area (Å²) in [6.45, 7) is 4.09. The summed E-state index contributed by atoms with van der Waals surface area (Å²) in [6.07, 6.45) is 0.624. The minimum absolute atomic E-state index is 0.0219. The number of anilines is 1. The summed E-state index contributed by atoms with van der Waals surface area (Å²) < 4.78 is 10.7. The van der Waals surface area contributed by atoms with Crippen LogP contribution in [-0.4, -0.2) is 26.2 Å². The van der Waals surface area contributed by atoms with Crippen molar-refractivity contribution in [1.82, 2.24) is 10.9 Å². The van der Waals surface area contributed by atoms with Crippen molar-refractivity contribution in [3.63, 3.8) is 0 Å². The largest absolute Gasteiger partial charge is 0.497 e. The van der Waals surface area contributed by atoms with Gasteiger partial charge in [0.05, 0.1) is 20.3 Å². The Labute approximate surface area is 153 Å². The lowest BCUT2D eigenvalue weighted by Crippen LogP contribution is -2.39. The molecule has 1 aliphatic rings. The Hall–Kier alpha value is -2.57. The average molecular weight is 355 g/mol. The maximum atomic E-state index is 12.6. The Morgan fingerprint density at radius 3 is 2.54 bits per heavy atom. The van der Waals surface area contributed by atoms with Gasteiger partial charge in [0.15, 0.2) is 0 Å². The van der Waals surface area contributed by atoms with Crippen molar-refractivity contribution in [3.8, 4) is 11.5 Å². The normalized spacial score (nSPS) is 19.2. The van der Waals surface area contributed by atoms with E-state index in [1.165, 1.54) is 5.56 Å². The average Bonchev–Trinajstić information content (AvgIpc) is 3.14. The fourth-order valence-corrected chi connectivity index (χ4v) is 3.09. The van der Waals surface area contributed by atoms with Crippen molar-refractivity contribution in [2.24, 2.45) is 0 Å². The summed E-state index contributed by atoms with van der Waals surface area (Å²) in [5, 5.41) is 2.98. The lowest BCUT2D eigenvalue weighted by molar-refractivity contribution is -0.117. The first kappa shape index (κ1) is 18.2. The molecule has 0 aliphatic carbocycles. The number of carbonyl (C=O) groups is 1. The van der Waals surface area contributed by atoms with Crippen molar-refractivity contribution in [1.29, 1.82) is 0 Å². The number of ether oxygens (including phenoxy) is 2. The van der Waals surface area contributed by atoms with Gasteiger partial charge in [-0.2, -0.15) is 0 Å². The topological polar surface area (TPSA) is 71.6 Å². The predicted octanol–water partition coefficient (Wildman–Crippen LogP) is 2.87. The first-order valence-electron chi connectivity index (χ1n) is 8.63. The number of rotatable bonds is 5. The third kappa shape index (κ3) is 3.81. The zero-order valence-electron chi connectivity index (χ0n) is 15.6. The Morgan fingerprint density at radius 2 is 1.85 bits per heavy atom. The molecular formula is C20H25N3O3. The summed E-state index contributed by atoms with van der Waals surface area (Å²) in [5.74, 6) is 1.41. The van der Waals surface area contributed by atoms with Gasteiger partial charge in [0, 0.05) is 17.3 Å². The molecule has 0 bridgehead atoms. The smallest absolute Gasteiger partial charge is 0.242 e. The van der Waals surface area contributed by atoms with Crippen molar-refractivity contribution in [2.75, 3.05) is 19.5 Å². The lowest BCUT2D eigenvalue weighted by atomic mass is 10.0. The second-order valence-electron chi connectivity index (χ2n) is 6.53. The van der Waals surface area contributed by atoms with E-state index in [4.69, 9.17) is 9.47 Å². The minimum Gasteiger partial charge on any atom is -0.497 e. The lowest BCUT2D eigenvalue weighted by Gasteiger charge is -2.15. The molecule has 2 aromatic rings. The van der Waals surface area contributed by atoms with Gasteiger partial charge in [-0.05, 0) is 49.6 Å². The molecule has 2 atom stereocenters. The third-order valence-corrected chi connectivity index (χ3v) is 4.81. The summed E-state index contributed by atoms with van der Waals surface area (Å²) in [4.78, 5) is 12.6. The van der Waals surface area contributed by atoms with Crippen LogP contribution in [-0.2, 0) is 4.79 Å². The summed E-state index contributed by atoms with van der Waals surface area (Å²) >= 11 is 0. The molecule has 2 unspecified atom stereocenters. The van der Waals surface area contributed by atoms with Crippen molar-refractivity contribution < 1.29 is 14.3 Å². The highest BCUT2D eigenvalue weighted by atomic mass is 16.5. The summed E-state index contributed by atoms with van der Waals surface area (Å²) in [7, 11) is 3.25. The van der Waals surface area contributed by atoms with E-state index in [0.717, 1.165) is 28.3 Å². The molecule has 0 spiro atoms. The van der Waals surface area contributed by atoms with Gasteiger partial charge in [0.2, 0.25) is 5.91 Å². The molecule has 1 saturated heterocycles. The van der Waals surface area contributed by atoms with Crippen LogP contribution in [0.5, 0.6) is 11.5 Å². The van der Waals surface area contributed by atoms with Crippen LogP contribution in [0.4, 0.5) is 5.69 Å². The van der Waals surface area contributed by atoms with Crippen LogP contribution in [0.25, 0.3) is 0 Å². The third-order valence-electron chi connectivity index (χ3n) is 4.81. The molecule has 1 heterocycles. The number of methoxy groups -OCH3 is 2. The molecule has 26 heavy (non-hydrogen) atoms. The van der Waals surface area contributed by atoms with Crippen LogP contribution >= 0.6 is 0 Å². The van der Waals surface area contributed by atoms with Crippen molar-refractivity contribution in [3.05, 3.63) is 53.1 Å². The van der Waals surface area contributed by atoms with E-state index in [2.05, 4.69) is 23.1 Å². The maximum Gasteiger partial charge on any atom is 0.242 e. The van der Waals surface area contributed by atoms with E-state index in [1.54, 1.807) is 14.2 Å². The van der Waals surface area contributed by atoms with Gasteiger partial charge < -0.3 is 14.8 Å². The second-order valence-corrected chi connectivity index (χ2v) is 6.53. The first-order valence-corrected chi connectivity index (χ1v) is 8.63. The van der Waals surface area contributed by atoms with E-state index in [0.29, 0.717) is 6.42 Å². The standard InChI is InChI=1S/C20H25N3O3/c1-12-5-6-14(9-13(12)2)21-20(24)18-11-17(22-23-18)16-8-7-15(25-3)10-19(16)26-4/h5-10,17-18,22-23H,11H2,1-4H3,(H,21,24). The zero-order chi connectivity index (χ0) is 18.7. The van der Waals surface area contributed by atoms with Crippen molar-refractivity contribution in [2.45, 2.75) is 32.4 Å². The predicted molar refractivity (Wildman–Crippen MR) is 102 cm³/mol. The highest BCUT2D eigenvalue weighted by molar-refractivity contribution is 5.95. The number of benzene rings is 2. The molecule has 6 nitrogen and oxygen atoms in total. The number of aryl methyl sites for hydroxylation is 2. The van der Waals surface area contributed by atoms with E-state index >= 15 is 0 Å². The van der Waals surface area contributed by atoms with E-state index < -0.39 is 0 Å². The van der Waals surface area contributed by atoms with Crippen LogP contribution < -0.4 is 25.6 Å². The molecule has 1 fully saturated rings. The van der Waals surface area contributed by atoms with Crippen LogP contribution in [0.2, 0.25) is 0 Å². The molecule has 0 radical (unpaired) electrons. The summed E-state index contributed by atoms with van der Waals surface area (Å²) in [6, 6.07) is 11.3. The Balaban J connectivity index is 1.68. The highest BCUT2D eigenvalue weighted by Crippen LogP contribution is 2.33. The monoisotopic (exact) mass is 355 g/mol. The zero-order valence-corrected chi connectivity index (χ0v) is 15.6. The van der Waals surface area contributed by atoms with E-state index in [-0.39, 0.29) is 18.0 Å². The van der Waals surface area contributed by atoms with Gasteiger partial charge in [0.1, 0.15) is 17.5 Å². The molecular weight excluding hydrogens is 330 g/mol. The van der Waals surface area contributed by atoms with Gasteiger partial charge in [-0.3, -0.25) is 4.79 Å². The number of hydrazine groups is 1. The van der Waals surface area contributed by atoms with Gasteiger partial charge in [0.25, 0.3) is 0 Å². The minimum atomic E-state index is -0.326. The van der Waals surface area contributed by atoms with Crippen LogP contribution in [0.15, 0.2) is 36.4 Å². The molecule has 1 aliphatic heterocycles. The van der Waals surface area contributed by atoms with Gasteiger partial charge >= 0.3 is 0 Å². The van der Waals surface area contributed by atoms with Gasteiger partial charge in [-0.1, -0.05) is 12.1 Å². The van der Waals surface area contributed by atoms with Crippen LogP contribution in [0.3, 0.4) is 0 Å². The number of nitrogens with one attached hydrogen (secondary N) is 3. The first-order chi connectivity index (χ1) is 12.5. The SMILES string of the molecule is COc1ccc(C2CC(C(=O)Nc3ccc(C)c(C)c3)NN2)c(OC)c1. The number of hydrogen-bond acceptors (Lipinski definition) is 5. The van der Waals surface area contributed by atoms with E-state index in [1.807, 2.05) is 43.3 Å². The highest BCUT2D eigenvalue weighted by Gasteiger charge is 2.31. The Morgan fingerprint density at radius 1 is 1.04 bits per heavy atom. The fourth-order valence-electron chi connectivity index (χ4n) is 3.09. The Kier molecular flexibility index (Phi) is 5.44. The molecule has 0 saturated carbocycles. The Bertz CT molecular complexity index is 807. The molecule has 0 aromatic heterocycles. The number of amides is 1. The second kappa shape index (κ2) is 7.76. The molecule has 3 N–H and O–H groups in total. The maximum absolute atomic E-state index is 12.6. The quantitative estimate of drug-likeness (QED) is 0.769. The summed E-state index contributed by atoms with van der Waals surface area (Å²) in [5.41, 5.74) is 10.4. The molecule has 3 rings (SSSR count).